The first-order chi connectivity index (χ1) is 17.0. The van der Waals surface area contributed by atoms with Gasteiger partial charge in [0.05, 0.1) is 5.75 Å². The number of carbonyl (C=O) groups excluding carboxylic acids is 1. The van der Waals surface area contributed by atoms with Crippen molar-refractivity contribution in [1.82, 2.24) is 15.3 Å². The summed E-state index contributed by atoms with van der Waals surface area (Å²) in [5.41, 5.74) is 2.40. The molecule has 4 rings (SSSR count). The Labute approximate surface area is 221 Å². The monoisotopic (exact) mass is 529 g/mol. The molecule has 1 atom stereocenters. The van der Waals surface area contributed by atoms with E-state index in [0.717, 1.165) is 55.5 Å². The molecule has 35 heavy (non-hydrogen) atoms. The Bertz CT molecular complexity index is 1130. The maximum Gasteiger partial charge on any atom is 0.230 e. The van der Waals surface area contributed by atoms with Crippen LogP contribution in [0.1, 0.15) is 18.9 Å². The molecule has 184 valence electrons. The third-order valence-corrected chi connectivity index (χ3v) is 7.16. The molecule has 0 aliphatic carbocycles. The Kier molecular flexibility index (Phi) is 9.12. The first-order valence-corrected chi connectivity index (χ1v) is 13.5. The number of nitrogens with one attached hydrogen (secondary N) is 1. The molecule has 9 heteroatoms. The maximum atomic E-state index is 12.5. The minimum atomic E-state index is -0.0316. The van der Waals surface area contributed by atoms with Gasteiger partial charge >= 0.3 is 0 Å². The fourth-order valence-corrected chi connectivity index (χ4v) is 5.10. The summed E-state index contributed by atoms with van der Waals surface area (Å²) in [7, 11) is 0. The summed E-state index contributed by atoms with van der Waals surface area (Å²) in [6, 6.07) is 20.1. The van der Waals surface area contributed by atoms with Crippen LogP contribution in [0.15, 0.2) is 65.8 Å². The van der Waals surface area contributed by atoms with Gasteiger partial charge in [-0.05, 0) is 43.5 Å². The predicted octanol–water partition coefficient (Wildman–Crippen LogP) is 5.34. The molecule has 2 aromatic carbocycles. The molecular formula is C26H29Cl2N5OS. The lowest BCUT2D eigenvalue weighted by atomic mass is 10.1. The second kappa shape index (κ2) is 12.5. The van der Waals surface area contributed by atoms with E-state index < -0.39 is 0 Å². The number of rotatable bonds is 9. The number of hydrogen-bond donors (Lipinski definition) is 1. The average molecular weight is 531 g/mol. The zero-order chi connectivity index (χ0) is 24.6. The summed E-state index contributed by atoms with van der Waals surface area (Å²) in [6.45, 7) is 5.36. The van der Waals surface area contributed by atoms with Gasteiger partial charge in [0.2, 0.25) is 5.91 Å². The van der Waals surface area contributed by atoms with E-state index in [0.29, 0.717) is 10.3 Å². The van der Waals surface area contributed by atoms with Crippen molar-refractivity contribution < 1.29 is 4.79 Å². The van der Waals surface area contributed by atoms with Crippen LogP contribution in [0.3, 0.4) is 0 Å². The molecule has 3 aromatic rings. The number of piperazine rings is 1. The van der Waals surface area contributed by atoms with Gasteiger partial charge in [-0.2, -0.15) is 0 Å². The van der Waals surface area contributed by atoms with Gasteiger partial charge in [0.25, 0.3) is 0 Å². The second-order valence-corrected chi connectivity index (χ2v) is 10.3. The molecule has 1 saturated heterocycles. The van der Waals surface area contributed by atoms with E-state index in [-0.39, 0.29) is 17.7 Å². The van der Waals surface area contributed by atoms with Crippen LogP contribution in [0.5, 0.6) is 0 Å². The number of halogens is 2. The van der Waals surface area contributed by atoms with Crippen molar-refractivity contribution in [2.45, 2.75) is 31.0 Å². The normalized spacial score (nSPS) is 14.6. The highest BCUT2D eigenvalue weighted by atomic mass is 35.5. The standard InChI is InChI=1S/C26H29Cl2N5OS/c1-19(10-11-20-6-3-2-4-7-20)29-25(34)18-35-26-30-23(28)17-24(31-26)33-14-12-32(13-15-33)22-9-5-8-21(27)16-22/h2-9,16-17,19H,10-15,18H2,1H3,(H,29,34). The van der Waals surface area contributed by atoms with E-state index in [2.05, 4.69) is 43.3 Å². The van der Waals surface area contributed by atoms with Gasteiger partial charge in [-0.3, -0.25) is 4.79 Å². The Morgan fingerprint density at radius 2 is 1.74 bits per heavy atom. The lowest BCUT2D eigenvalue weighted by molar-refractivity contribution is -0.119. The molecule has 1 aliphatic heterocycles. The van der Waals surface area contributed by atoms with E-state index in [4.69, 9.17) is 23.2 Å². The largest absolute Gasteiger partial charge is 0.368 e. The zero-order valence-corrected chi connectivity index (χ0v) is 22.0. The Balaban J connectivity index is 1.26. The molecule has 1 amide bonds. The topological polar surface area (TPSA) is 61.4 Å². The van der Waals surface area contributed by atoms with E-state index in [9.17, 15) is 4.79 Å². The quantitative estimate of drug-likeness (QED) is 0.229. The second-order valence-electron chi connectivity index (χ2n) is 8.57. The molecule has 0 radical (unpaired) electrons. The van der Waals surface area contributed by atoms with Crippen LogP contribution in [0.25, 0.3) is 0 Å². The van der Waals surface area contributed by atoms with Gasteiger partial charge < -0.3 is 15.1 Å². The Hall–Kier alpha value is -2.48. The third-order valence-electron chi connectivity index (χ3n) is 5.89. The van der Waals surface area contributed by atoms with Crippen molar-refractivity contribution >= 4 is 52.4 Å². The predicted molar refractivity (Wildman–Crippen MR) is 146 cm³/mol. The number of amides is 1. The summed E-state index contributed by atoms with van der Waals surface area (Å²) in [5, 5.41) is 4.70. The smallest absolute Gasteiger partial charge is 0.230 e. The fraction of sp³-hybridized carbons (Fsp3) is 0.346. The molecule has 1 unspecified atom stereocenters. The number of anilines is 2. The van der Waals surface area contributed by atoms with Crippen molar-refractivity contribution in [1.29, 1.82) is 0 Å². The molecule has 0 saturated carbocycles. The van der Waals surface area contributed by atoms with Crippen LogP contribution in [0.4, 0.5) is 11.5 Å². The average Bonchev–Trinajstić information content (AvgIpc) is 2.87. The number of aromatic nitrogens is 2. The van der Waals surface area contributed by atoms with Crippen molar-refractivity contribution in [2.24, 2.45) is 0 Å². The third kappa shape index (κ3) is 7.75. The van der Waals surface area contributed by atoms with Crippen LogP contribution < -0.4 is 15.1 Å². The van der Waals surface area contributed by atoms with E-state index >= 15 is 0 Å². The Morgan fingerprint density at radius 3 is 2.49 bits per heavy atom. The molecule has 1 N–H and O–H groups in total. The lowest BCUT2D eigenvalue weighted by Crippen LogP contribution is -2.46. The van der Waals surface area contributed by atoms with Gasteiger partial charge in [-0.15, -0.1) is 0 Å². The van der Waals surface area contributed by atoms with Crippen LogP contribution >= 0.6 is 35.0 Å². The van der Waals surface area contributed by atoms with E-state index in [1.165, 1.54) is 17.3 Å². The van der Waals surface area contributed by atoms with Gasteiger partial charge in [-0.1, -0.05) is 71.4 Å². The summed E-state index contributed by atoms with van der Waals surface area (Å²) in [4.78, 5) is 26.0. The number of benzene rings is 2. The van der Waals surface area contributed by atoms with Crippen molar-refractivity contribution in [3.63, 3.8) is 0 Å². The SMILES string of the molecule is CC(CCc1ccccc1)NC(=O)CSc1nc(Cl)cc(N2CCN(c3cccc(Cl)c3)CC2)n1. The summed E-state index contributed by atoms with van der Waals surface area (Å²) < 4.78 is 0. The van der Waals surface area contributed by atoms with Crippen molar-refractivity contribution in [2.75, 3.05) is 41.7 Å². The number of thioether (sulfide) groups is 1. The van der Waals surface area contributed by atoms with Crippen LogP contribution in [0, 0.1) is 0 Å². The molecule has 1 aromatic heterocycles. The highest BCUT2D eigenvalue weighted by Crippen LogP contribution is 2.25. The summed E-state index contributed by atoms with van der Waals surface area (Å²) >= 11 is 13.7. The summed E-state index contributed by atoms with van der Waals surface area (Å²) in [6.07, 6.45) is 1.82. The van der Waals surface area contributed by atoms with Gasteiger partial charge in [0, 0.05) is 49.0 Å². The first kappa shape index (κ1) is 25.6. The number of carbonyl (C=O) groups is 1. The zero-order valence-electron chi connectivity index (χ0n) is 19.7. The number of aryl methyl sites for hydroxylation is 1. The van der Waals surface area contributed by atoms with E-state index in [1.807, 2.05) is 43.3 Å². The van der Waals surface area contributed by atoms with Crippen LogP contribution in [0.2, 0.25) is 10.2 Å². The molecule has 0 spiro atoms. The molecule has 1 fully saturated rings. The van der Waals surface area contributed by atoms with Crippen molar-refractivity contribution in [3.05, 3.63) is 76.4 Å². The van der Waals surface area contributed by atoms with Crippen LogP contribution in [-0.2, 0) is 11.2 Å². The van der Waals surface area contributed by atoms with Gasteiger partial charge in [0.1, 0.15) is 11.0 Å². The molecular weight excluding hydrogens is 501 g/mol. The highest BCUT2D eigenvalue weighted by Gasteiger charge is 2.20. The number of nitrogens with zero attached hydrogens (tertiary/aromatic N) is 4. The number of hydrogen-bond acceptors (Lipinski definition) is 6. The minimum Gasteiger partial charge on any atom is -0.368 e. The molecule has 2 heterocycles. The lowest BCUT2D eigenvalue weighted by Gasteiger charge is -2.36. The van der Waals surface area contributed by atoms with E-state index in [1.54, 1.807) is 6.07 Å². The van der Waals surface area contributed by atoms with Gasteiger partial charge in [-0.25, -0.2) is 9.97 Å². The minimum absolute atomic E-state index is 0.0316. The molecule has 1 aliphatic rings. The Morgan fingerprint density at radius 1 is 1.00 bits per heavy atom. The molecule has 6 nitrogen and oxygen atoms in total. The van der Waals surface area contributed by atoms with Crippen LogP contribution in [-0.4, -0.2) is 53.8 Å². The first-order valence-electron chi connectivity index (χ1n) is 11.7. The van der Waals surface area contributed by atoms with Crippen molar-refractivity contribution in [3.8, 4) is 0 Å². The summed E-state index contributed by atoms with van der Waals surface area (Å²) in [5.74, 6) is 1.00. The van der Waals surface area contributed by atoms with Gasteiger partial charge in [0.15, 0.2) is 5.16 Å². The fourth-order valence-electron chi connectivity index (χ4n) is 4.03. The highest BCUT2D eigenvalue weighted by molar-refractivity contribution is 7.99. The molecule has 0 bridgehead atoms. The maximum absolute atomic E-state index is 12.5.